The Kier molecular flexibility index (Phi) is 6.16. The van der Waals surface area contributed by atoms with E-state index >= 15 is 0 Å². The third kappa shape index (κ3) is 4.36. The molecular weight excluding hydrogens is 344 g/mol. The molecule has 1 aromatic carbocycles. The highest BCUT2D eigenvalue weighted by atomic mass is 32.2. The van der Waals surface area contributed by atoms with Crippen LogP contribution >= 0.6 is 0 Å². The molecule has 140 valence electrons. The summed E-state index contributed by atoms with van der Waals surface area (Å²) in [5.74, 6) is 0.723. The van der Waals surface area contributed by atoms with Gasteiger partial charge in [-0.25, -0.2) is 8.42 Å². The zero-order valence-corrected chi connectivity index (χ0v) is 16.0. The molecule has 0 N–H and O–H groups in total. The van der Waals surface area contributed by atoms with Crippen LogP contribution < -0.4 is 13.8 Å². The van der Waals surface area contributed by atoms with Crippen molar-refractivity contribution >= 4 is 21.6 Å². The molecule has 0 aromatic heterocycles. The van der Waals surface area contributed by atoms with Crippen molar-refractivity contribution in [1.82, 2.24) is 4.90 Å². The lowest BCUT2D eigenvalue weighted by atomic mass is 10.1. The van der Waals surface area contributed by atoms with Crippen molar-refractivity contribution in [2.45, 2.75) is 32.2 Å². The molecule has 1 aliphatic heterocycles. The predicted octanol–water partition coefficient (Wildman–Crippen LogP) is 1.87. The summed E-state index contributed by atoms with van der Waals surface area (Å²) in [6.45, 7) is 2.97. The molecule has 7 nitrogen and oxygen atoms in total. The van der Waals surface area contributed by atoms with Crippen LogP contribution in [0.1, 0.15) is 26.2 Å². The molecule has 8 heteroatoms. The molecule has 0 saturated carbocycles. The van der Waals surface area contributed by atoms with E-state index in [0.717, 1.165) is 29.8 Å². The van der Waals surface area contributed by atoms with E-state index in [9.17, 15) is 13.2 Å². The SMILES string of the molecule is COc1ccc(N([C@H](C)C(=O)N2CCCCC2)S(C)(=O)=O)cc1OC. The molecule has 1 amide bonds. The number of amides is 1. The van der Waals surface area contributed by atoms with E-state index in [0.29, 0.717) is 30.3 Å². The van der Waals surface area contributed by atoms with Crippen LogP contribution in [-0.2, 0) is 14.8 Å². The van der Waals surface area contributed by atoms with Crippen LogP contribution in [0.5, 0.6) is 11.5 Å². The number of piperidine rings is 1. The number of hydrogen-bond acceptors (Lipinski definition) is 5. The van der Waals surface area contributed by atoms with E-state index in [1.54, 1.807) is 30.0 Å². The number of methoxy groups -OCH3 is 2. The number of sulfonamides is 1. The fourth-order valence-electron chi connectivity index (χ4n) is 3.14. The lowest BCUT2D eigenvalue weighted by Crippen LogP contribution is -2.50. The van der Waals surface area contributed by atoms with Gasteiger partial charge < -0.3 is 14.4 Å². The average molecular weight is 370 g/mol. The van der Waals surface area contributed by atoms with Gasteiger partial charge in [-0.3, -0.25) is 9.10 Å². The molecule has 1 fully saturated rings. The Morgan fingerprint density at radius 2 is 1.72 bits per heavy atom. The minimum Gasteiger partial charge on any atom is -0.493 e. The number of carbonyl (C=O) groups excluding carboxylic acids is 1. The predicted molar refractivity (Wildman–Crippen MR) is 96.8 cm³/mol. The molecule has 0 bridgehead atoms. The fraction of sp³-hybridized carbons (Fsp3) is 0.588. The van der Waals surface area contributed by atoms with Gasteiger partial charge in [-0.15, -0.1) is 0 Å². The Bertz CT molecular complexity index is 714. The highest BCUT2D eigenvalue weighted by Gasteiger charge is 2.33. The van der Waals surface area contributed by atoms with Crippen LogP contribution in [0, 0.1) is 0 Å². The summed E-state index contributed by atoms with van der Waals surface area (Å²) in [6.07, 6.45) is 4.11. The van der Waals surface area contributed by atoms with Gasteiger partial charge in [0, 0.05) is 19.2 Å². The third-order valence-corrected chi connectivity index (χ3v) is 5.60. The monoisotopic (exact) mass is 370 g/mol. The van der Waals surface area contributed by atoms with Gasteiger partial charge in [0.25, 0.3) is 0 Å². The van der Waals surface area contributed by atoms with Gasteiger partial charge in [-0.2, -0.15) is 0 Å². The summed E-state index contributed by atoms with van der Waals surface area (Å²) in [6, 6.07) is 3.98. The average Bonchev–Trinajstić information content (AvgIpc) is 2.60. The summed E-state index contributed by atoms with van der Waals surface area (Å²) in [7, 11) is -0.667. The Balaban J connectivity index is 2.38. The van der Waals surface area contributed by atoms with E-state index in [-0.39, 0.29) is 5.91 Å². The van der Waals surface area contributed by atoms with Gasteiger partial charge in [0.2, 0.25) is 15.9 Å². The van der Waals surface area contributed by atoms with Crippen LogP contribution in [0.15, 0.2) is 18.2 Å². The van der Waals surface area contributed by atoms with Crippen molar-refractivity contribution in [3.05, 3.63) is 18.2 Å². The standard InChI is InChI=1S/C17H26N2O5S/c1-13(17(20)18-10-6-5-7-11-18)19(25(4,21)22)14-8-9-15(23-2)16(12-14)24-3/h8-9,12-13H,5-7,10-11H2,1-4H3/t13-/m1/s1. The van der Waals surface area contributed by atoms with Gasteiger partial charge in [-0.1, -0.05) is 0 Å². The maximum Gasteiger partial charge on any atom is 0.246 e. The zero-order valence-electron chi connectivity index (χ0n) is 15.2. The summed E-state index contributed by atoms with van der Waals surface area (Å²) >= 11 is 0. The second-order valence-electron chi connectivity index (χ2n) is 6.16. The highest BCUT2D eigenvalue weighted by molar-refractivity contribution is 7.92. The Hall–Kier alpha value is -1.96. The van der Waals surface area contributed by atoms with Crippen molar-refractivity contribution in [2.75, 3.05) is 37.9 Å². The first-order valence-corrected chi connectivity index (χ1v) is 10.1. The van der Waals surface area contributed by atoms with E-state index in [1.807, 2.05) is 0 Å². The van der Waals surface area contributed by atoms with E-state index in [1.165, 1.54) is 14.2 Å². The number of rotatable bonds is 6. The van der Waals surface area contributed by atoms with Crippen molar-refractivity contribution in [1.29, 1.82) is 0 Å². The number of hydrogen-bond donors (Lipinski definition) is 0. The second-order valence-corrected chi connectivity index (χ2v) is 8.02. The number of anilines is 1. The first kappa shape index (κ1) is 19.4. The first-order chi connectivity index (χ1) is 11.8. The van der Waals surface area contributed by atoms with Gasteiger partial charge in [0.05, 0.1) is 26.2 Å². The maximum atomic E-state index is 12.8. The summed E-state index contributed by atoms with van der Waals surface area (Å²) in [5, 5.41) is 0. The molecule has 1 aromatic rings. The first-order valence-electron chi connectivity index (χ1n) is 8.29. The molecule has 0 unspecified atom stereocenters. The van der Waals surface area contributed by atoms with Gasteiger partial charge in [0.1, 0.15) is 6.04 Å². The molecule has 1 heterocycles. The maximum absolute atomic E-state index is 12.8. The van der Waals surface area contributed by atoms with E-state index in [2.05, 4.69) is 0 Å². The molecule has 0 aliphatic carbocycles. The van der Waals surface area contributed by atoms with E-state index < -0.39 is 16.1 Å². The van der Waals surface area contributed by atoms with Crippen molar-refractivity contribution in [3.8, 4) is 11.5 Å². The molecule has 1 atom stereocenters. The molecule has 0 spiro atoms. The van der Waals surface area contributed by atoms with Crippen LogP contribution in [0.2, 0.25) is 0 Å². The quantitative estimate of drug-likeness (QED) is 0.764. The topological polar surface area (TPSA) is 76.2 Å². The fourth-order valence-corrected chi connectivity index (χ4v) is 4.30. The van der Waals surface area contributed by atoms with Crippen LogP contribution in [0.3, 0.4) is 0 Å². The molecule has 25 heavy (non-hydrogen) atoms. The molecule has 0 radical (unpaired) electrons. The number of benzene rings is 1. The molecule has 1 saturated heterocycles. The minimum atomic E-state index is -3.66. The largest absolute Gasteiger partial charge is 0.493 e. The Labute approximate surface area is 149 Å². The highest BCUT2D eigenvalue weighted by Crippen LogP contribution is 2.33. The van der Waals surface area contributed by atoms with Crippen LogP contribution in [0.4, 0.5) is 5.69 Å². The smallest absolute Gasteiger partial charge is 0.246 e. The van der Waals surface area contributed by atoms with Crippen LogP contribution in [-0.4, -0.2) is 58.8 Å². The van der Waals surface area contributed by atoms with Crippen molar-refractivity contribution < 1.29 is 22.7 Å². The van der Waals surface area contributed by atoms with Crippen molar-refractivity contribution in [2.24, 2.45) is 0 Å². The molecular formula is C17H26N2O5S. The second kappa shape index (κ2) is 7.95. The zero-order chi connectivity index (χ0) is 18.6. The van der Waals surface area contributed by atoms with Crippen molar-refractivity contribution in [3.63, 3.8) is 0 Å². The summed E-state index contributed by atoms with van der Waals surface area (Å²) in [4.78, 5) is 14.5. The Morgan fingerprint density at radius 1 is 1.12 bits per heavy atom. The van der Waals surface area contributed by atoms with Gasteiger partial charge >= 0.3 is 0 Å². The van der Waals surface area contributed by atoms with E-state index in [4.69, 9.17) is 9.47 Å². The Morgan fingerprint density at radius 3 is 2.24 bits per heavy atom. The molecule has 1 aliphatic rings. The number of nitrogens with zero attached hydrogens (tertiary/aromatic N) is 2. The normalized spacial score (nSPS) is 16.2. The summed E-state index contributed by atoms with van der Waals surface area (Å²) in [5.41, 5.74) is 0.373. The number of ether oxygens (including phenoxy) is 2. The third-order valence-electron chi connectivity index (χ3n) is 4.36. The minimum absolute atomic E-state index is 0.181. The number of likely N-dealkylation sites (tertiary alicyclic amines) is 1. The van der Waals surface area contributed by atoms with Crippen LogP contribution in [0.25, 0.3) is 0 Å². The lowest BCUT2D eigenvalue weighted by molar-refractivity contribution is -0.132. The number of carbonyl (C=O) groups is 1. The summed E-state index contributed by atoms with van der Waals surface area (Å²) < 4.78 is 36.4. The van der Waals surface area contributed by atoms with Gasteiger partial charge in [-0.05, 0) is 38.3 Å². The van der Waals surface area contributed by atoms with Gasteiger partial charge in [0.15, 0.2) is 11.5 Å². The lowest BCUT2D eigenvalue weighted by Gasteiger charge is -2.34. The molecule has 2 rings (SSSR count).